The summed E-state index contributed by atoms with van der Waals surface area (Å²) < 4.78 is 0. The Hall–Kier alpha value is -1.23. The van der Waals surface area contributed by atoms with Crippen LogP contribution in [0, 0.1) is 6.92 Å². The maximum atomic E-state index is 10.6. The lowest BCUT2D eigenvalue weighted by Gasteiger charge is -1.99. The zero-order valence-electron chi connectivity index (χ0n) is 10.6. The Kier molecular flexibility index (Phi) is 11.0. The SMILES string of the molecule is CC.CSC.Cc1cc(C(N)=O)cnc1N. The third-order valence-corrected chi connectivity index (χ3v) is 1.40. The molecule has 0 aromatic carbocycles. The number of hydrogen-bond donors (Lipinski definition) is 2. The van der Waals surface area contributed by atoms with E-state index in [0.29, 0.717) is 11.4 Å². The summed E-state index contributed by atoms with van der Waals surface area (Å²) in [5, 5.41) is 0. The summed E-state index contributed by atoms with van der Waals surface area (Å²) in [6.45, 7) is 5.77. The minimum Gasteiger partial charge on any atom is -0.383 e. The van der Waals surface area contributed by atoms with Crippen LogP contribution in [0.25, 0.3) is 0 Å². The van der Waals surface area contributed by atoms with Crippen LogP contribution in [0.2, 0.25) is 0 Å². The Labute approximate surface area is 102 Å². The van der Waals surface area contributed by atoms with E-state index in [0.717, 1.165) is 5.56 Å². The highest BCUT2D eigenvalue weighted by Gasteiger charge is 2.01. The molecule has 0 aliphatic carbocycles. The summed E-state index contributed by atoms with van der Waals surface area (Å²) in [6.07, 6.45) is 5.45. The van der Waals surface area contributed by atoms with Crippen molar-refractivity contribution in [2.75, 3.05) is 18.2 Å². The van der Waals surface area contributed by atoms with Gasteiger partial charge in [0.25, 0.3) is 0 Å². The number of nitrogen functional groups attached to an aromatic ring is 1. The molecule has 5 heteroatoms. The molecule has 0 saturated carbocycles. The molecule has 4 nitrogen and oxygen atoms in total. The number of primary amides is 1. The van der Waals surface area contributed by atoms with Crippen LogP contribution in [0.15, 0.2) is 12.3 Å². The predicted molar refractivity (Wildman–Crippen MR) is 72.7 cm³/mol. The molecule has 0 fully saturated rings. The molecule has 0 aliphatic heterocycles. The van der Waals surface area contributed by atoms with E-state index in [9.17, 15) is 4.79 Å². The highest BCUT2D eigenvalue weighted by molar-refractivity contribution is 7.97. The summed E-state index contributed by atoms with van der Waals surface area (Å²) in [5.41, 5.74) is 11.6. The number of amides is 1. The number of aryl methyl sites for hydroxylation is 1. The lowest BCUT2D eigenvalue weighted by Crippen LogP contribution is -2.12. The molecular weight excluding hydrogens is 222 g/mol. The number of thioether (sulfide) groups is 1. The maximum Gasteiger partial charge on any atom is 0.250 e. The van der Waals surface area contributed by atoms with Crippen LogP contribution in [0.4, 0.5) is 5.82 Å². The molecule has 16 heavy (non-hydrogen) atoms. The van der Waals surface area contributed by atoms with Crippen molar-refractivity contribution in [3.63, 3.8) is 0 Å². The van der Waals surface area contributed by atoms with Gasteiger partial charge in [-0.1, -0.05) is 13.8 Å². The number of carbonyl (C=O) groups excluding carboxylic acids is 1. The lowest BCUT2D eigenvalue weighted by atomic mass is 10.2. The van der Waals surface area contributed by atoms with Gasteiger partial charge in [-0.15, -0.1) is 0 Å². The summed E-state index contributed by atoms with van der Waals surface area (Å²) in [5.74, 6) is -0.0596. The second kappa shape index (κ2) is 10.3. The predicted octanol–water partition coefficient (Wildman–Crippen LogP) is 2.08. The van der Waals surface area contributed by atoms with E-state index in [-0.39, 0.29) is 0 Å². The van der Waals surface area contributed by atoms with Gasteiger partial charge in [0.2, 0.25) is 5.91 Å². The molecule has 4 N–H and O–H groups in total. The Morgan fingerprint density at radius 2 is 1.81 bits per heavy atom. The molecule has 0 bridgehead atoms. The molecule has 1 heterocycles. The summed E-state index contributed by atoms with van der Waals surface area (Å²) in [6, 6.07) is 1.62. The molecule has 1 amide bonds. The fraction of sp³-hybridized carbons (Fsp3) is 0.455. The Morgan fingerprint density at radius 1 is 1.38 bits per heavy atom. The van der Waals surface area contributed by atoms with Crippen LogP contribution in [0.3, 0.4) is 0 Å². The van der Waals surface area contributed by atoms with Crippen LogP contribution in [0.1, 0.15) is 29.8 Å². The molecule has 0 aliphatic rings. The van der Waals surface area contributed by atoms with Gasteiger partial charge in [-0.2, -0.15) is 11.8 Å². The van der Waals surface area contributed by atoms with E-state index in [1.807, 2.05) is 26.4 Å². The molecule has 0 saturated heterocycles. The number of anilines is 1. The fourth-order valence-electron chi connectivity index (χ4n) is 0.720. The molecule has 0 spiro atoms. The minimum atomic E-state index is -0.486. The van der Waals surface area contributed by atoms with Gasteiger partial charge in [0.1, 0.15) is 5.82 Å². The molecule has 1 aromatic heterocycles. The highest BCUT2D eigenvalue weighted by Crippen LogP contribution is 2.07. The zero-order valence-corrected chi connectivity index (χ0v) is 11.4. The number of nitrogens with zero attached hydrogens (tertiary/aromatic N) is 1. The largest absolute Gasteiger partial charge is 0.383 e. The van der Waals surface area contributed by atoms with E-state index in [1.165, 1.54) is 6.20 Å². The number of rotatable bonds is 1. The van der Waals surface area contributed by atoms with Gasteiger partial charge in [-0.3, -0.25) is 4.79 Å². The second-order valence-electron chi connectivity index (χ2n) is 2.70. The molecule has 92 valence electrons. The first kappa shape index (κ1) is 17.2. The van der Waals surface area contributed by atoms with Crippen molar-refractivity contribution in [2.24, 2.45) is 5.73 Å². The van der Waals surface area contributed by atoms with Crippen LogP contribution in [-0.4, -0.2) is 23.4 Å². The van der Waals surface area contributed by atoms with Crippen LogP contribution in [-0.2, 0) is 0 Å². The van der Waals surface area contributed by atoms with E-state index in [4.69, 9.17) is 11.5 Å². The smallest absolute Gasteiger partial charge is 0.250 e. The highest BCUT2D eigenvalue weighted by atomic mass is 32.2. The molecule has 0 radical (unpaired) electrons. The summed E-state index contributed by atoms with van der Waals surface area (Å²) in [7, 11) is 0. The summed E-state index contributed by atoms with van der Waals surface area (Å²) in [4.78, 5) is 14.4. The van der Waals surface area contributed by atoms with Gasteiger partial charge in [-0.05, 0) is 31.1 Å². The second-order valence-corrected chi connectivity index (χ2v) is 3.52. The monoisotopic (exact) mass is 243 g/mol. The first-order chi connectivity index (χ1) is 7.52. The Bertz CT molecular complexity index is 316. The van der Waals surface area contributed by atoms with E-state index in [1.54, 1.807) is 24.8 Å². The van der Waals surface area contributed by atoms with Crippen molar-refractivity contribution in [2.45, 2.75) is 20.8 Å². The Morgan fingerprint density at radius 3 is 2.12 bits per heavy atom. The average Bonchev–Trinajstić information content (AvgIpc) is 2.26. The van der Waals surface area contributed by atoms with Gasteiger partial charge < -0.3 is 11.5 Å². The van der Waals surface area contributed by atoms with Gasteiger partial charge in [0.15, 0.2) is 0 Å². The third kappa shape index (κ3) is 7.11. The van der Waals surface area contributed by atoms with E-state index < -0.39 is 5.91 Å². The first-order valence-corrected chi connectivity index (χ1v) is 6.58. The molecule has 0 unspecified atom stereocenters. The third-order valence-electron chi connectivity index (χ3n) is 1.40. The van der Waals surface area contributed by atoms with Gasteiger partial charge in [0, 0.05) is 6.20 Å². The number of pyridine rings is 1. The van der Waals surface area contributed by atoms with Crippen molar-refractivity contribution in [1.82, 2.24) is 4.98 Å². The van der Waals surface area contributed by atoms with E-state index in [2.05, 4.69) is 4.98 Å². The minimum absolute atomic E-state index is 0.386. The van der Waals surface area contributed by atoms with Crippen molar-refractivity contribution in [3.05, 3.63) is 23.4 Å². The topological polar surface area (TPSA) is 82.0 Å². The number of aromatic nitrogens is 1. The van der Waals surface area contributed by atoms with Crippen LogP contribution >= 0.6 is 11.8 Å². The van der Waals surface area contributed by atoms with Crippen LogP contribution in [0.5, 0.6) is 0 Å². The van der Waals surface area contributed by atoms with Crippen molar-refractivity contribution < 1.29 is 4.79 Å². The fourth-order valence-corrected chi connectivity index (χ4v) is 0.720. The molecular formula is C11H21N3OS. The van der Waals surface area contributed by atoms with Crippen molar-refractivity contribution >= 4 is 23.5 Å². The average molecular weight is 243 g/mol. The number of nitrogens with two attached hydrogens (primary N) is 2. The molecule has 1 aromatic rings. The Balaban J connectivity index is 0. The lowest BCUT2D eigenvalue weighted by molar-refractivity contribution is 0.1000. The molecule has 1 rings (SSSR count). The maximum absolute atomic E-state index is 10.6. The van der Waals surface area contributed by atoms with Gasteiger partial charge in [-0.25, -0.2) is 4.98 Å². The quantitative estimate of drug-likeness (QED) is 0.791. The zero-order chi connectivity index (χ0) is 13.1. The normalized spacial score (nSPS) is 8.06. The summed E-state index contributed by atoms with van der Waals surface area (Å²) >= 11 is 1.75. The first-order valence-electron chi connectivity index (χ1n) is 4.95. The number of hydrogen-bond acceptors (Lipinski definition) is 4. The van der Waals surface area contributed by atoms with Crippen molar-refractivity contribution in [1.29, 1.82) is 0 Å². The standard InChI is InChI=1S/C7H9N3O.C2H6S.C2H6/c1-4-2-5(7(9)11)3-10-6(4)8;1-3-2;1-2/h2-3H,1H3,(H2,8,10)(H2,9,11);1-2H3;1-2H3. The van der Waals surface area contributed by atoms with Gasteiger partial charge in [0.05, 0.1) is 5.56 Å². The molecule has 0 atom stereocenters. The number of carbonyl (C=O) groups is 1. The van der Waals surface area contributed by atoms with Crippen molar-refractivity contribution in [3.8, 4) is 0 Å². The van der Waals surface area contributed by atoms with E-state index >= 15 is 0 Å². The van der Waals surface area contributed by atoms with Crippen LogP contribution < -0.4 is 11.5 Å². The van der Waals surface area contributed by atoms with Gasteiger partial charge >= 0.3 is 0 Å².